The normalized spacial score (nSPS) is 16.2. The fraction of sp³-hybridized carbons (Fsp3) is 0.444. The zero-order chi connectivity index (χ0) is 18.7. The van der Waals surface area contributed by atoms with E-state index in [1.54, 1.807) is 18.3 Å². The number of imidazole rings is 1. The van der Waals surface area contributed by atoms with E-state index in [4.69, 9.17) is 0 Å². The van der Waals surface area contributed by atoms with E-state index >= 15 is 0 Å². The van der Waals surface area contributed by atoms with Crippen LogP contribution < -0.4 is 0 Å². The van der Waals surface area contributed by atoms with Crippen LogP contribution in [0.5, 0.6) is 0 Å². The summed E-state index contributed by atoms with van der Waals surface area (Å²) in [6, 6.07) is 6.18. The maximum atomic E-state index is 12.7. The van der Waals surface area contributed by atoms with Crippen LogP contribution in [0.25, 0.3) is 0 Å². The molecule has 0 aliphatic carbocycles. The molecule has 7 nitrogen and oxygen atoms in total. The van der Waals surface area contributed by atoms with Gasteiger partial charge in [-0.25, -0.2) is 17.7 Å². The van der Waals surface area contributed by atoms with Crippen LogP contribution in [0, 0.1) is 5.92 Å². The highest BCUT2D eigenvalue weighted by Crippen LogP contribution is 2.21. The number of hydrogen-bond acceptors (Lipinski definition) is 4. The molecule has 1 amide bonds. The SMILES string of the molecule is CN(C)S(=O)(=O)c1ccc(C(=O)N2CCC(Cn3ccnc3)CC2)cc1. The predicted octanol–water partition coefficient (Wildman–Crippen LogP) is 1.69. The number of carbonyl (C=O) groups is 1. The van der Waals surface area contributed by atoms with Crippen LogP contribution in [0.15, 0.2) is 47.9 Å². The standard InChI is InChI=1S/C18H24N4O3S/c1-20(2)26(24,25)17-5-3-16(4-6-17)18(23)22-10-7-15(8-11-22)13-21-12-9-19-14-21/h3-6,9,12,14-15H,7-8,10-11,13H2,1-2H3. The fourth-order valence-electron chi connectivity index (χ4n) is 3.17. The number of rotatable bonds is 5. The molecule has 0 N–H and O–H groups in total. The van der Waals surface area contributed by atoms with Gasteiger partial charge in [-0.2, -0.15) is 0 Å². The van der Waals surface area contributed by atoms with Gasteiger partial charge in [0.2, 0.25) is 10.0 Å². The molecule has 1 aromatic heterocycles. The van der Waals surface area contributed by atoms with E-state index in [1.807, 2.05) is 17.4 Å². The van der Waals surface area contributed by atoms with Crippen molar-refractivity contribution in [2.45, 2.75) is 24.3 Å². The molecule has 1 fully saturated rings. The summed E-state index contributed by atoms with van der Waals surface area (Å²) >= 11 is 0. The van der Waals surface area contributed by atoms with Crippen molar-refractivity contribution in [3.05, 3.63) is 48.5 Å². The van der Waals surface area contributed by atoms with Crippen LogP contribution >= 0.6 is 0 Å². The molecular formula is C18H24N4O3S. The zero-order valence-electron chi connectivity index (χ0n) is 15.1. The van der Waals surface area contributed by atoms with Gasteiger partial charge in [0.05, 0.1) is 11.2 Å². The van der Waals surface area contributed by atoms with E-state index in [0.29, 0.717) is 11.5 Å². The van der Waals surface area contributed by atoms with Gasteiger partial charge < -0.3 is 9.47 Å². The number of piperidine rings is 1. The van der Waals surface area contributed by atoms with E-state index in [2.05, 4.69) is 9.55 Å². The topological polar surface area (TPSA) is 75.5 Å². The van der Waals surface area contributed by atoms with E-state index < -0.39 is 10.0 Å². The summed E-state index contributed by atoms with van der Waals surface area (Å²) in [6.07, 6.45) is 7.47. The molecule has 0 saturated carbocycles. The third-order valence-electron chi connectivity index (χ3n) is 4.81. The number of aromatic nitrogens is 2. The quantitative estimate of drug-likeness (QED) is 0.796. The molecule has 0 bridgehead atoms. The molecule has 2 heterocycles. The maximum Gasteiger partial charge on any atom is 0.253 e. The minimum atomic E-state index is -3.48. The summed E-state index contributed by atoms with van der Waals surface area (Å²) in [5.41, 5.74) is 0.524. The van der Waals surface area contributed by atoms with Crippen LogP contribution in [0.4, 0.5) is 0 Å². The molecule has 2 aromatic rings. The highest BCUT2D eigenvalue weighted by atomic mass is 32.2. The third kappa shape index (κ3) is 3.96. The third-order valence-corrected chi connectivity index (χ3v) is 6.64. The number of nitrogens with zero attached hydrogens (tertiary/aromatic N) is 4. The monoisotopic (exact) mass is 376 g/mol. The van der Waals surface area contributed by atoms with E-state index in [0.717, 1.165) is 36.8 Å². The molecule has 1 aromatic carbocycles. The van der Waals surface area contributed by atoms with Gasteiger partial charge >= 0.3 is 0 Å². The van der Waals surface area contributed by atoms with Gasteiger partial charge in [0.1, 0.15) is 0 Å². The Kier molecular flexibility index (Phi) is 5.43. The number of amides is 1. The van der Waals surface area contributed by atoms with Crippen LogP contribution in [0.1, 0.15) is 23.2 Å². The van der Waals surface area contributed by atoms with Gasteiger partial charge in [0, 0.05) is 51.7 Å². The molecule has 0 unspecified atom stereocenters. The molecule has 26 heavy (non-hydrogen) atoms. The second-order valence-corrected chi connectivity index (χ2v) is 8.96. The lowest BCUT2D eigenvalue weighted by molar-refractivity contribution is 0.0683. The number of sulfonamides is 1. The first kappa shape index (κ1) is 18.6. The minimum Gasteiger partial charge on any atom is -0.339 e. The van der Waals surface area contributed by atoms with Crippen molar-refractivity contribution in [1.82, 2.24) is 18.8 Å². The van der Waals surface area contributed by atoms with Gasteiger partial charge in [-0.3, -0.25) is 4.79 Å². The number of carbonyl (C=O) groups excluding carboxylic acids is 1. The second-order valence-electron chi connectivity index (χ2n) is 6.81. The van der Waals surface area contributed by atoms with Crippen LogP contribution in [-0.4, -0.2) is 60.3 Å². The summed E-state index contributed by atoms with van der Waals surface area (Å²) in [4.78, 5) is 18.8. The van der Waals surface area contributed by atoms with Crippen LogP contribution in [0.3, 0.4) is 0 Å². The van der Waals surface area contributed by atoms with Gasteiger partial charge in [0.15, 0.2) is 0 Å². The largest absolute Gasteiger partial charge is 0.339 e. The van der Waals surface area contributed by atoms with Crippen molar-refractivity contribution >= 4 is 15.9 Å². The number of benzene rings is 1. The van der Waals surface area contributed by atoms with Crippen molar-refractivity contribution in [1.29, 1.82) is 0 Å². The highest BCUT2D eigenvalue weighted by Gasteiger charge is 2.24. The first-order chi connectivity index (χ1) is 12.4. The molecule has 0 atom stereocenters. The maximum absolute atomic E-state index is 12.7. The molecule has 1 aliphatic rings. The summed E-state index contributed by atoms with van der Waals surface area (Å²) in [6.45, 7) is 2.37. The van der Waals surface area contributed by atoms with Gasteiger partial charge in [-0.15, -0.1) is 0 Å². The molecule has 8 heteroatoms. The molecule has 3 rings (SSSR count). The average Bonchev–Trinajstić information content (AvgIpc) is 3.15. The second kappa shape index (κ2) is 7.59. The predicted molar refractivity (Wildman–Crippen MR) is 98.2 cm³/mol. The summed E-state index contributed by atoms with van der Waals surface area (Å²) < 4.78 is 27.4. The van der Waals surface area contributed by atoms with Crippen molar-refractivity contribution in [2.75, 3.05) is 27.2 Å². The van der Waals surface area contributed by atoms with Crippen molar-refractivity contribution in [3.8, 4) is 0 Å². The van der Waals surface area contributed by atoms with Crippen molar-refractivity contribution in [3.63, 3.8) is 0 Å². The van der Waals surface area contributed by atoms with Gasteiger partial charge in [-0.1, -0.05) is 0 Å². The van der Waals surface area contributed by atoms with Crippen LogP contribution in [0.2, 0.25) is 0 Å². The molecule has 1 aliphatic heterocycles. The first-order valence-electron chi connectivity index (χ1n) is 8.65. The Morgan fingerprint density at radius 1 is 1.19 bits per heavy atom. The average molecular weight is 376 g/mol. The molecular weight excluding hydrogens is 352 g/mol. The van der Waals surface area contributed by atoms with E-state index in [-0.39, 0.29) is 10.8 Å². The van der Waals surface area contributed by atoms with E-state index in [1.165, 1.54) is 26.2 Å². The van der Waals surface area contributed by atoms with Gasteiger partial charge in [-0.05, 0) is 43.0 Å². The summed E-state index contributed by atoms with van der Waals surface area (Å²) in [5.74, 6) is 0.501. The Balaban J connectivity index is 1.60. The van der Waals surface area contributed by atoms with Crippen molar-refractivity contribution < 1.29 is 13.2 Å². The lowest BCUT2D eigenvalue weighted by Gasteiger charge is -2.32. The zero-order valence-corrected chi connectivity index (χ0v) is 15.9. The Morgan fingerprint density at radius 2 is 1.85 bits per heavy atom. The Morgan fingerprint density at radius 3 is 2.38 bits per heavy atom. The number of likely N-dealkylation sites (tertiary alicyclic amines) is 1. The molecule has 0 spiro atoms. The van der Waals surface area contributed by atoms with Crippen molar-refractivity contribution in [2.24, 2.45) is 5.92 Å². The fourth-order valence-corrected chi connectivity index (χ4v) is 4.08. The molecule has 1 saturated heterocycles. The molecule has 140 valence electrons. The van der Waals surface area contributed by atoms with Gasteiger partial charge in [0.25, 0.3) is 5.91 Å². The smallest absolute Gasteiger partial charge is 0.253 e. The minimum absolute atomic E-state index is 0.0418. The lowest BCUT2D eigenvalue weighted by atomic mass is 9.96. The van der Waals surface area contributed by atoms with Crippen LogP contribution in [-0.2, 0) is 16.6 Å². The Hall–Kier alpha value is -2.19. The number of hydrogen-bond donors (Lipinski definition) is 0. The Bertz CT molecular complexity index is 837. The first-order valence-corrected chi connectivity index (χ1v) is 10.1. The summed E-state index contributed by atoms with van der Waals surface area (Å²) in [7, 11) is -0.499. The van der Waals surface area contributed by atoms with E-state index in [9.17, 15) is 13.2 Å². The molecule has 0 radical (unpaired) electrons. The lowest BCUT2D eigenvalue weighted by Crippen LogP contribution is -2.39. The highest BCUT2D eigenvalue weighted by molar-refractivity contribution is 7.89. The Labute approximate surface area is 154 Å². The summed E-state index contributed by atoms with van der Waals surface area (Å²) in [5, 5.41) is 0.